The van der Waals surface area contributed by atoms with Crippen LogP contribution in [-0.4, -0.2) is 10.2 Å². The first-order valence-electron chi connectivity index (χ1n) is 7.63. The molecule has 0 unspecified atom stereocenters. The summed E-state index contributed by atoms with van der Waals surface area (Å²) in [5.41, 5.74) is 12.5. The molecule has 0 aliphatic rings. The number of nitrogens with one attached hydrogen (secondary N) is 4. The van der Waals surface area contributed by atoms with E-state index in [2.05, 4.69) is 67.4 Å². The fraction of sp³-hybridized carbons (Fsp3) is 0.222. The van der Waals surface area contributed by atoms with E-state index in [4.69, 9.17) is 24.4 Å². The maximum absolute atomic E-state index is 5.27. The smallest absolute Gasteiger partial charge is 0.189 e. The van der Waals surface area contributed by atoms with Crippen LogP contribution in [0.3, 0.4) is 0 Å². The van der Waals surface area contributed by atoms with Crippen LogP contribution < -0.4 is 21.5 Å². The molecule has 0 bridgehead atoms. The number of thiocarbonyl (C=S) groups is 2. The van der Waals surface area contributed by atoms with Gasteiger partial charge in [-0.25, -0.2) is 0 Å². The number of aryl methyl sites for hydroxylation is 4. The zero-order chi connectivity index (χ0) is 17.7. The van der Waals surface area contributed by atoms with E-state index in [1.54, 1.807) is 0 Å². The Labute approximate surface area is 154 Å². The van der Waals surface area contributed by atoms with Gasteiger partial charge in [-0.2, -0.15) is 0 Å². The van der Waals surface area contributed by atoms with E-state index in [1.165, 1.54) is 22.3 Å². The highest BCUT2D eigenvalue weighted by Crippen LogP contribution is 2.14. The Balaban J connectivity index is 1.84. The topological polar surface area (TPSA) is 48.1 Å². The van der Waals surface area contributed by atoms with Crippen LogP contribution >= 0.6 is 24.4 Å². The highest BCUT2D eigenvalue weighted by atomic mass is 32.1. The molecule has 0 amide bonds. The molecule has 0 aromatic heterocycles. The summed E-state index contributed by atoms with van der Waals surface area (Å²) in [7, 11) is 0. The lowest BCUT2D eigenvalue weighted by molar-refractivity contribution is 0.885. The van der Waals surface area contributed by atoms with Crippen LogP contribution in [0.1, 0.15) is 22.3 Å². The fourth-order valence-electron chi connectivity index (χ4n) is 2.30. The first-order chi connectivity index (χ1) is 11.3. The number of hydrogen-bond acceptors (Lipinski definition) is 2. The van der Waals surface area contributed by atoms with Gasteiger partial charge in [0.25, 0.3) is 0 Å². The highest BCUT2D eigenvalue weighted by molar-refractivity contribution is 7.81. The van der Waals surface area contributed by atoms with E-state index in [9.17, 15) is 0 Å². The fourth-order valence-corrected chi connectivity index (χ4v) is 2.64. The van der Waals surface area contributed by atoms with Crippen molar-refractivity contribution in [1.29, 1.82) is 0 Å². The SMILES string of the molecule is Cc1cc(C)cc(NC(=S)NNC(=S)Nc2ccc(C)c(C)c2)c1. The van der Waals surface area contributed by atoms with Gasteiger partial charge in [0.2, 0.25) is 0 Å². The molecular formula is C18H22N4S2. The lowest BCUT2D eigenvalue weighted by Gasteiger charge is -2.15. The number of rotatable bonds is 2. The molecule has 0 spiro atoms. The maximum Gasteiger partial charge on any atom is 0.189 e. The standard InChI is InChI=1S/C18H22N4S2/c1-11-7-12(2)9-16(8-11)20-18(24)22-21-17(23)19-15-6-5-13(3)14(4)10-15/h5-10H,1-4H3,(H2,19,21,23)(H2,20,22,24). The van der Waals surface area contributed by atoms with Gasteiger partial charge < -0.3 is 10.6 Å². The molecular weight excluding hydrogens is 336 g/mol. The Hall–Kier alpha value is -2.18. The first-order valence-corrected chi connectivity index (χ1v) is 8.44. The zero-order valence-electron chi connectivity index (χ0n) is 14.3. The van der Waals surface area contributed by atoms with Crippen molar-refractivity contribution in [2.75, 3.05) is 10.6 Å². The van der Waals surface area contributed by atoms with Gasteiger partial charge in [-0.15, -0.1) is 0 Å². The summed E-state index contributed by atoms with van der Waals surface area (Å²) in [5, 5.41) is 7.14. The van der Waals surface area contributed by atoms with E-state index < -0.39 is 0 Å². The van der Waals surface area contributed by atoms with Crippen LogP contribution in [0.2, 0.25) is 0 Å². The van der Waals surface area contributed by atoms with Crippen LogP contribution in [0.25, 0.3) is 0 Å². The molecule has 24 heavy (non-hydrogen) atoms. The number of hydrogen-bond donors (Lipinski definition) is 4. The van der Waals surface area contributed by atoms with Gasteiger partial charge in [0.1, 0.15) is 0 Å². The van der Waals surface area contributed by atoms with Crippen LogP contribution in [0.5, 0.6) is 0 Å². The van der Waals surface area contributed by atoms with Gasteiger partial charge in [-0.05, 0) is 98.6 Å². The third-order valence-corrected chi connectivity index (χ3v) is 3.94. The van der Waals surface area contributed by atoms with Gasteiger partial charge >= 0.3 is 0 Å². The van der Waals surface area contributed by atoms with Crippen molar-refractivity contribution in [3.63, 3.8) is 0 Å². The van der Waals surface area contributed by atoms with Crippen LogP contribution in [0.4, 0.5) is 11.4 Å². The van der Waals surface area contributed by atoms with Crippen molar-refractivity contribution >= 4 is 46.0 Å². The third kappa shape index (κ3) is 5.47. The summed E-state index contributed by atoms with van der Waals surface area (Å²) in [6.07, 6.45) is 0. The van der Waals surface area contributed by atoms with Crippen molar-refractivity contribution in [3.8, 4) is 0 Å². The quantitative estimate of drug-likeness (QED) is 0.479. The molecule has 2 aromatic carbocycles. The molecule has 4 nitrogen and oxygen atoms in total. The summed E-state index contributed by atoms with van der Waals surface area (Å²) >= 11 is 10.5. The second-order valence-electron chi connectivity index (χ2n) is 5.83. The van der Waals surface area contributed by atoms with Gasteiger partial charge in [-0.1, -0.05) is 12.1 Å². The molecule has 0 fully saturated rings. The summed E-state index contributed by atoms with van der Waals surface area (Å²) in [6.45, 7) is 8.25. The second-order valence-corrected chi connectivity index (χ2v) is 6.65. The predicted molar refractivity (Wildman–Crippen MR) is 111 cm³/mol. The first kappa shape index (κ1) is 18.2. The summed E-state index contributed by atoms with van der Waals surface area (Å²) in [4.78, 5) is 0. The van der Waals surface area contributed by atoms with Crippen molar-refractivity contribution in [3.05, 3.63) is 58.7 Å². The number of hydrazine groups is 1. The molecule has 0 radical (unpaired) electrons. The Morgan fingerprint density at radius 3 is 1.75 bits per heavy atom. The van der Waals surface area contributed by atoms with Gasteiger partial charge in [0.05, 0.1) is 0 Å². The average Bonchev–Trinajstić information content (AvgIpc) is 2.48. The van der Waals surface area contributed by atoms with Gasteiger partial charge in [-0.3, -0.25) is 10.9 Å². The van der Waals surface area contributed by atoms with E-state index in [0.29, 0.717) is 10.2 Å². The molecule has 0 saturated heterocycles. The van der Waals surface area contributed by atoms with E-state index in [1.807, 2.05) is 18.2 Å². The van der Waals surface area contributed by atoms with Crippen LogP contribution in [0.15, 0.2) is 36.4 Å². The molecule has 0 saturated carbocycles. The Bertz CT molecular complexity index is 751. The van der Waals surface area contributed by atoms with Crippen molar-refractivity contribution in [1.82, 2.24) is 10.9 Å². The van der Waals surface area contributed by atoms with Crippen LogP contribution in [0, 0.1) is 27.7 Å². The van der Waals surface area contributed by atoms with E-state index in [-0.39, 0.29) is 0 Å². The summed E-state index contributed by atoms with van der Waals surface area (Å²) in [5.74, 6) is 0. The molecule has 2 aromatic rings. The lowest BCUT2D eigenvalue weighted by atomic mass is 10.1. The molecule has 2 rings (SSSR count). The second kappa shape index (κ2) is 8.08. The number of anilines is 2. The third-order valence-electron chi connectivity index (χ3n) is 3.53. The van der Waals surface area contributed by atoms with E-state index in [0.717, 1.165) is 11.4 Å². The molecule has 126 valence electrons. The Morgan fingerprint density at radius 1 is 0.667 bits per heavy atom. The molecule has 0 aliphatic heterocycles. The largest absolute Gasteiger partial charge is 0.331 e. The predicted octanol–water partition coefficient (Wildman–Crippen LogP) is 4.11. The summed E-state index contributed by atoms with van der Waals surface area (Å²) < 4.78 is 0. The summed E-state index contributed by atoms with van der Waals surface area (Å²) in [6, 6.07) is 12.3. The van der Waals surface area contributed by atoms with Crippen molar-refractivity contribution in [2.45, 2.75) is 27.7 Å². The van der Waals surface area contributed by atoms with Gasteiger partial charge in [0, 0.05) is 11.4 Å². The molecule has 4 N–H and O–H groups in total. The lowest BCUT2D eigenvalue weighted by Crippen LogP contribution is -2.45. The minimum Gasteiger partial charge on any atom is -0.331 e. The monoisotopic (exact) mass is 358 g/mol. The minimum atomic E-state index is 0.447. The zero-order valence-corrected chi connectivity index (χ0v) is 15.9. The molecule has 0 aliphatic carbocycles. The maximum atomic E-state index is 5.27. The number of benzene rings is 2. The Morgan fingerprint density at radius 2 is 1.21 bits per heavy atom. The van der Waals surface area contributed by atoms with Crippen LogP contribution in [-0.2, 0) is 0 Å². The molecule has 0 heterocycles. The van der Waals surface area contributed by atoms with E-state index >= 15 is 0 Å². The van der Waals surface area contributed by atoms with Crippen molar-refractivity contribution < 1.29 is 0 Å². The Kier molecular flexibility index (Phi) is 6.11. The minimum absolute atomic E-state index is 0.447. The molecule has 6 heteroatoms. The highest BCUT2D eigenvalue weighted by Gasteiger charge is 2.02. The average molecular weight is 359 g/mol. The van der Waals surface area contributed by atoms with Gasteiger partial charge in [0.15, 0.2) is 10.2 Å². The van der Waals surface area contributed by atoms with Crippen molar-refractivity contribution in [2.24, 2.45) is 0 Å². The normalized spacial score (nSPS) is 10.0. The molecule has 0 atom stereocenters.